The number of amides is 1. The summed E-state index contributed by atoms with van der Waals surface area (Å²) in [6.07, 6.45) is 4.41. The second-order valence-electron chi connectivity index (χ2n) is 8.26. The van der Waals surface area contributed by atoms with Gasteiger partial charge in [0.25, 0.3) is 0 Å². The third-order valence-corrected chi connectivity index (χ3v) is 6.05. The Kier molecular flexibility index (Phi) is 7.42. The lowest BCUT2D eigenvalue weighted by Crippen LogP contribution is -2.20. The van der Waals surface area contributed by atoms with E-state index in [1.807, 2.05) is 18.2 Å². The Morgan fingerprint density at radius 3 is 1.79 bits per heavy atom. The molecule has 0 atom stereocenters. The molecule has 5 nitrogen and oxygen atoms in total. The number of primary amides is 1. The molecule has 2 aliphatic rings. The van der Waals surface area contributed by atoms with E-state index in [1.165, 1.54) is 53.7 Å². The Hall–Kier alpha value is -2.21. The van der Waals surface area contributed by atoms with Crippen LogP contribution in [0.4, 0.5) is 0 Å². The Morgan fingerprint density at radius 1 is 0.793 bits per heavy atom. The van der Waals surface area contributed by atoms with Crippen molar-refractivity contribution in [1.29, 1.82) is 0 Å². The van der Waals surface area contributed by atoms with Gasteiger partial charge in [-0.25, -0.2) is 0 Å². The van der Waals surface area contributed by atoms with Gasteiger partial charge in [0.05, 0.1) is 0 Å². The van der Waals surface area contributed by atoms with Gasteiger partial charge in [0.2, 0.25) is 5.91 Å². The monoisotopic (exact) mass is 394 g/mol. The fourth-order valence-electron chi connectivity index (χ4n) is 4.01. The van der Waals surface area contributed by atoms with Crippen LogP contribution in [0.2, 0.25) is 0 Å². The van der Waals surface area contributed by atoms with E-state index in [4.69, 9.17) is 11.5 Å². The van der Waals surface area contributed by atoms with Crippen molar-refractivity contribution >= 4 is 5.91 Å². The summed E-state index contributed by atoms with van der Waals surface area (Å²) in [6, 6.07) is 12.5. The molecule has 2 aromatic carbocycles. The summed E-state index contributed by atoms with van der Waals surface area (Å²) < 4.78 is 0. The van der Waals surface area contributed by atoms with Crippen molar-refractivity contribution in [1.82, 2.24) is 9.80 Å². The molecule has 1 amide bonds. The maximum Gasteiger partial charge on any atom is 0.248 e. The minimum Gasteiger partial charge on any atom is -0.366 e. The zero-order valence-electron chi connectivity index (χ0n) is 17.8. The van der Waals surface area contributed by atoms with Gasteiger partial charge >= 0.3 is 0 Å². The fraction of sp³-hybridized carbons (Fsp3) is 0.458. The summed E-state index contributed by atoms with van der Waals surface area (Å²) in [5.41, 5.74) is 18.4. The molecular formula is C24H34N4O. The van der Waals surface area contributed by atoms with E-state index in [0.29, 0.717) is 12.1 Å². The summed E-state index contributed by atoms with van der Waals surface area (Å²) in [4.78, 5) is 15.7. The molecule has 2 heterocycles. The van der Waals surface area contributed by atoms with Crippen molar-refractivity contribution in [3.63, 3.8) is 0 Å². The number of nitrogens with zero attached hydrogens (tertiary/aromatic N) is 2. The lowest BCUT2D eigenvalue weighted by atomic mass is 10.00. The fourth-order valence-corrected chi connectivity index (χ4v) is 4.01. The smallest absolute Gasteiger partial charge is 0.248 e. The molecule has 0 saturated carbocycles. The van der Waals surface area contributed by atoms with Crippen LogP contribution in [0, 0.1) is 0 Å². The van der Waals surface area contributed by atoms with Gasteiger partial charge in [-0.15, -0.1) is 0 Å². The van der Waals surface area contributed by atoms with E-state index in [-0.39, 0.29) is 5.91 Å². The maximum absolute atomic E-state index is 11.0. The van der Waals surface area contributed by atoms with E-state index in [2.05, 4.69) is 42.1 Å². The van der Waals surface area contributed by atoms with Gasteiger partial charge in [-0.05, 0) is 79.7 Å². The molecule has 0 aromatic heterocycles. The number of fused-ring (bicyclic) bond motifs is 2. The largest absolute Gasteiger partial charge is 0.366 e. The molecule has 0 fully saturated rings. The van der Waals surface area contributed by atoms with Crippen LogP contribution < -0.4 is 11.5 Å². The highest BCUT2D eigenvalue weighted by Gasteiger charge is 2.13. The van der Waals surface area contributed by atoms with Gasteiger partial charge in [0.15, 0.2) is 0 Å². The Balaban J connectivity index is 0.000000166. The average molecular weight is 395 g/mol. The van der Waals surface area contributed by atoms with Crippen LogP contribution in [-0.2, 0) is 32.2 Å². The molecule has 0 radical (unpaired) electrons. The van der Waals surface area contributed by atoms with Crippen molar-refractivity contribution in [3.8, 4) is 0 Å². The summed E-state index contributed by atoms with van der Waals surface area (Å²) in [7, 11) is 4.32. The lowest BCUT2D eigenvalue weighted by Gasteiger charge is -2.10. The molecule has 0 aliphatic carbocycles. The number of carbonyl (C=O) groups is 1. The first kappa shape index (κ1) is 21.5. The summed E-state index contributed by atoms with van der Waals surface area (Å²) in [6.45, 7) is 5.14. The van der Waals surface area contributed by atoms with Crippen molar-refractivity contribution in [3.05, 3.63) is 69.8 Å². The topological polar surface area (TPSA) is 75.6 Å². The normalized spacial score (nSPS) is 17.2. The second-order valence-corrected chi connectivity index (χ2v) is 8.26. The lowest BCUT2D eigenvalue weighted by molar-refractivity contribution is 0.1000. The zero-order chi connectivity index (χ0) is 20.8. The predicted molar refractivity (Wildman–Crippen MR) is 119 cm³/mol. The molecule has 29 heavy (non-hydrogen) atoms. The van der Waals surface area contributed by atoms with Gasteiger partial charge < -0.3 is 21.3 Å². The van der Waals surface area contributed by atoms with E-state index < -0.39 is 0 Å². The van der Waals surface area contributed by atoms with Crippen LogP contribution in [-0.4, -0.2) is 56.0 Å². The molecule has 0 bridgehead atoms. The van der Waals surface area contributed by atoms with Gasteiger partial charge in [-0.1, -0.05) is 24.3 Å². The van der Waals surface area contributed by atoms with Crippen LogP contribution in [0.3, 0.4) is 0 Å². The van der Waals surface area contributed by atoms with Crippen LogP contribution in [0.15, 0.2) is 36.4 Å². The maximum atomic E-state index is 11.0. The molecule has 5 heteroatoms. The average Bonchev–Trinajstić information content (AvgIpc) is 3.03. The number of rotatable bonds is 2. The van der Waals surface area contributed by atoms with Crippen molar-refractivity contribution in [2.24, 2.45) is 11.5 Å². The van der Waals surface area contributed by atoms with Crippen molar-refractivity contribution in [2.75, 3.05) is 40.3 Å². The Morgan fingerprint density at radius 2 is 1.28 bits per heavy atom. The molecular weight excluding hydrogens is 360 g/mol. The standard InChI is InChI=1S/C12H16N2O.C12H18N2/c1-14-6-4-9-2-3-11(12(13)15)8-10(9)5-7-14;1-14-6-4-11-3-2-10(9-13)8-12(11)5-7-14/h2-3,8H,4-7H2,1H3,(H2,13,15);2-3,8H,4-7,9,13H2,1H3. The highest BCUT2D eigenvalue weighted by Crippen LogP contribution is 2.18. The number of likely N-dealkylation sites (N-methyl/N-ethyl adjacent to an activating group) is 2. The van der Waals surface area contributed by atoms with Gasteiger partial charge in [0, 0.05) is 38.3 Å². The quantitative estimate of drug-likeness (QED) is 0.817. The number of nitrogens with two attached hydrogens (primary N) is 2. The van der Waals surface area contributed by atoms with Gasteiger partial charge in [-0.2, -0.15) is 0 Å². The molecule has 2 aliphatic heterocycles. The van der Waals surface area contributed by atoms with Crippen LogP contribution in [0.25, 0.3) is 0 Å². The number of hydrogen-bond acceptors (Lipinski definition) is 4. The summed E-state index contributed by atoms with van der Waals surface area (Å²) in [5.74, 6) is -0.338. The molecule has 0 saturated heterocycles. The highest BCUT2D eigenvalue weighted by molar-refractivity contribution is 5.93. The second kappa shape index (κ2) is 10.0. The summed E-state index contributed by atoms with van der Waals surface area (Å²) >= 11 is 0. The van der Waals surface area contributed by atoms with Crippen LogP contribution in [0.5, 0.6) is 0 Å². The molecule has 2 aromatic rings. The predicted octanol–water partition coefficient (Wildman–Crippen LogP) is 1.99. The number of benzene rings is 2. The minimum atomic E-state index is -0.338. The highest BCUT2D eigenvalue weighted by atomic mass is 16.1. The van der Waals surface area contributed by atoms with Gasteiger partial charge in [-0.3, -0.25) is 4.79 Å². The third kappa shape index (κ3) is 5.89. The summed E-state index contributed by atoms with van der Waals surface area (Å²) in [5, 5.41) is 0. The number of hydrogen-bond donors (Lipinski definition) is 2. The van der Waals surface area contributed by atoms with E-state index >= 15 is 0 Å². The zero-order valence-corrected chi connectivity index (χ0v) is 17.8. The first-order valence-electron chi connectivity index (χ1n) is 10.6. The molecule has 156 valence electrons. The van der Waals surface area contributed by atoms with E-state index in [1.54, 1.807) is 0 Å². The molecule has 0 unspecified atom stereocenters. The van der Waals surface area contributed by atoms with Crippen LogP contribution in [0.1, 0.15) is 38.2 Å². The number of carbonyl (C=O) groups excluding carboxylic acids is 1. The third-order valence-electron chi connectivity index (χ3n) is 6.05. The van der Waals surface area contributed by atoms with Crippen molar-refractivity contribution < 1.29 is 4.79 Å². The Labute approximate surface area is 174 Å². The molecule has 4 N–H and O–H groups in total. The Bertz CT molecular complexity index is 849. The first-order chi connectivity index (χ1) is 14.0. The van der Waals surface area contributed by atoms with Crippen LogP contribution >= 0.6 is 0 Å². The molecule has 0 spiro atoms. The van der Waals surface area contributed by atoms with E-state index in [9.17, 15) is 4.79 Å². The van der Waals surface area contributed by atoms with E-state index in [0.717, 1.165) is 25.9 Å². The minimum absolute atomic E-state index is 0.338. The SMILES string of the molecule is CN1CCc2ccc(C(N)=O)cc2CC1.CN1CCc2ccc(CN)cc2CC1. The first-order valence-corrected chi connectivity index (χ1v) is 10.6. The molecule has 4 rings (SSSR count). The van der Waals surface area contributed by atoms with Gasteiger partial charge in [0.1, 0.15) is 0 Å². The van der Waals surface area contributed by atoms with Crippen molar-refractivity contribution in [2.45, 2.75) is 32.2 Å².